The van der Waals surface area contributed by atoms with Crippen LogP contribution in [0.4, 0.5) is 23.7 Å². The van der Waals surface area contributed by atoms with Crippen LogP contribution in [0.5, 0.6) is 5.75 Å². The quantitative estimate of drug-likeness (QED) is 0.696. The van der Waals surface area contributed by atoms with E-state index in [4.69, 9.17) is 16.3 Å². The number of fused-ring (bicyclic) bond motifs is 2. The van der Waals surface area contributed by atoms with Gasteiger partial charge >= 0.3 is 12.2 Å². The normalized spacial score (nSPS) is 20.3. The molecule has 2 N–H and O–H groups in total. The van der Waals surface area contributed by atoms with E-state index >= 15 is 0 Å². The zero-order chi connectivity index (χ0) is 22.4. The second-order valence-electron chi connectivity index (χ2n) is 7.03. The first kappa shape index (κ1) is 21.0. The lowest BCUT2D eigenvalue weighted by Crippen LogP contribution is -2.48. The largest absolute Gasteiger partial charge is 0.493 e. The lowest BCUT2D eigenvalue weighted by atomic mass is 9.84. The average molecular weight is 454 g/mol. The molecule has 11 heteroatoms. The van der Waals surface area contributed by atoms with Crippen molar-refractivity contribution in [1.82, 2.24) is 10.2 Å². The molecular weight excluding hydrogens is 439 g/mol. The number of anilines is 1. The Morgan fingerprint density at radius 3 is 2.68 bits per heavy atom. The third-order valence-corrected chi connectivity index (χ3v) is 5.46. The minimum atomic E-state index is -4.76. The molecule has 2 aromatic carbocycles. The smallest absolute Gasteiger partial charge is 0.418 e. The first-order valence-corrected chi connectivity index (χ1v) is 9.53. The Bertz CT molecular complexity index is 1090. The molecule has 0 unspecified atom stereocenters. The van der Waals surface area contributed by atoms with Gasteiger partial charge in [0.05, 0.1) is 22.9 Å². The molecule has 0 aliphatic carbocycles. The molecular formula is C20H15ClF3N3O4. The van der Waals surface area contributed by atoms with Gasteiger partial charge in [-0.15, -0.1) is 0 Å². The molecule has 2 aromatic rings. The molecule has 2 aliphatic heterocycles. The summed E-state index contributed by atoms with van der Waals surface area (Å²) in [7, 11) is 0. The van der Waals surface area contributed by atoms with E-state index < -0.39 is 47.4 Å². The van der Waals surface area contributed by atoms with Crippen LogP contribution in [-0.4, -0.2) is 35.9 Å². The lowest BCUT2D eigenvalue weighted by molar-refractivity contribution is -0.137. The van der Waals surface area contributed by atoms with E-state index in [-0.39, 0.29) is 18.1 Å². The van der Waals surface area contributed by atoms with Crippen LogP contribution in [-0.2, 0) is 21.3 Å². The van der Waals surface area contributed by atoms with Gasteiger partial charge in [0.1, 0.15) is 12.3 Å². The van der Waals surface area contributed by atoms with Gasteiger partial charge in [-0.1, -0.05) is 35.9 Å². The molecule has 2 heterocycles. The van der Waals surface area contributed by atoms with Gasteiger partial charge in [0.25, 0.3) is 5.91 Å². The van der Waals surface area contributed by atoms with Gasteiger partial charge < -0.3 is 15.4 Å². The summed E-state index contributed by atoms with van der Waals surface area (Å²) in [4.78, 5) is 38.8. The number of benzene rings is 2. The molecule has 0 bridgehead atoms. The number of urea groups is 1. The van der Waals surface area contributed by atoms with Crippen molar-refractivity contribution in [3.8, 4) is 5.75 Å². The monoisotopic (exact) mass is 453 g/mol. The van der Waals surface area contributed by atoms with Crippen molar-refractivity contribution in [2.24, 2.45) is 0 Å². The van der Waals surface area contributed by atoms with Crippen LogP contribution in [0.2, 0.25) is 5.02 Å². The maximum absolute atomic E-state index is 13.2. The van der Waals surface area contributed by atoms with Crippen molar-refractivity contribution in [3.05, 3.63) is 58.6 Å². The summed E-state index contributed by atoms with van der Waals surface area (Å²) >= 11 is 5.84. The van der Waals surface area contributed by atoms with Crippen molar-refractivity contribution in [1.29, 1.82) is 0 Å². The number of carbonyl (C=O) groups excluding carboxylic acids is 3. The Hall–Kier alpha value is -3.27. The highest BCUT2D eigenvalue weighted by Gasteiger charge is 2.55. The fraction of sp³-hybridized carbons (Fsp3) is 0.250. The molecule has 0 saturated carbocycles. The summed E-state index contributed by atoms with van der Waals surface area (Å²) < 4.78 is 45.2. The van der Waals surface area contributed by atoms with Crippen LogP contribution in [0.3, 0.4) is 0 Å². The zero-order valence-corrected chi connectivity index (χ0v) is 16.5. The third kappa shape index (κ3) is 3.56. The molecule has 1 atom stereocenters. The van der Waals surface area contributed by atoms with Crippen LogP contribution in [0.1, 0.15) is 17.5 Å². The standard InChI is InChI=1S/C20H15ClF3N3O4/c21-13-6-3-5-12(20(22,23)24)16(13)25-15(28)10-27-17(29)19(26-18(27)30)8-9-31-14-7-2-1-4-11(14)19/h1-7H,8-10H2,(H,25,28)(H,26,30)/t19-/m1/s1. The number of amides is 4. The molecule has 2 aliphatic rings. The number of rotatable bonds is 3. The number of nitrogens with zero attached hydrogens (tertiary/aromatic N) is 1. The van der Waals surface area contributed by atoms with Gasteiger partial charge in [0, 0.05) is 12.0 Å². The topological polar surface area (TPSA) is 87.7 Å². The summed E-state index contributed by atoms with van der Waals surface area (Å²) in [5, 5.41) is 4.36. The SMILES string of the molecule is O=C(CN1C(=O)N[C@@]2(CCOc3ccccc32)C1=O)Nc1c(Cl)cccc1C(F)(F)F. The predicted molar refractivity (Wildman–Crippen MR) is 104 cm³/mol. The van der Waals surface area contributed by atoms with Gasteiger partial charge in [-0.2, -0.15) is 13.2 Å². The summed E-state index contributed by atoms with van der Waals surface area (Å²) in [5.74, 6) is -1.25. The molecule has 31 heavy (non-hydrogen) atoms. The number of alkyl halides is 3. The van der Waals surface area contributed by atoms with E-state index in [1.54, 1.807) is 24.3 Å². The fourth-order valence-corrected chi connectivity index (χ4v) is 3.95. The van der Waals surface area contributed by atoms with Crippen LogP contribution < -0.4 is 15.4 Å². The van der Waals surface area contributed by atoms with Crippen molar-refractivity contribution >= 4 is 35.1 Å². The number of hydrogen-bond donors (Lipinski definition) is 2. The highest BCUT2D eigenvalue weighted by molar-refractivity contribution is 6.34. The number of carbonyl (C=O) groups is 3. The number of hydrogen-bond acceptors (Lipinski definition) is 4. The number of para-hydroxylation sites is 2. The molecule has 1 fully saturated rings. The third-order valence-electron chi connectivity index (χ3n) is 5.14. The molecule has 0 radical (unpaired) electrons. The number of halogens is 4. The first-order valence-electron chi connectivity index (χ1n) is 9.15. The van der Waals surface area contributed by atoms with Crippen molar-refractivity contribution in [2.75, 3.05) is 18.5 Å². The second kappa shape index (κ2) is 7.45. The second-order valence-corrected chi connectivity index (χ2v) is 7.44. The molecule has 1 saturated heterocycles. The molecule has 7 nitrogen and oxygen atoms in total. The van der Waals surface area contributed by atoms with E-state index in [1.807, 2.05) is 0 Å². The van der Waals surface area contributed by atoms with Gasteiger partial charge in [-0.3, -0.25) is 14.5 Å². The van der Waals surface area contributed by atoms with Gasteiger partial charge in [-0.05, 0) is 18.2 Å². The van der Waals surface area contributed by atoms with Crippen LogP contribution in [0, 0.1) is 0 Å². The molecule has 1 spiro atoms. The Morgan fingerprint density at radius 2 is 1.94 bits per heavy atom. The number of nitrogens with one attached hydrogen (secondary N) is 2. The highest BCUT2D eigenvalue weighted by atomic mass is 35.5. The fourth-order valence-electron chi connectivity index (χ4n) is 3.73. The zero-order valence-electron chi connectivity index (χ0n) is 15.8. The summed E-state index contributed by atoms with van der Waals surface area (Å²) in [6.07, 6.45) is -4.61. The van der Waals surface area contributed by atoms with Crippen molar-refractivity contribution in [3.63, 3.8) is 0 Å². The maximum Gasteiger partial charge on any atom is 0.418 e. The van der Waals surface area contributed by atoms with Crippen molar-refractivity contribution in [2.45, 2.75) is 18.1 Å². The summed E-state index contributed by atoms with van der Waals surface area (Å²) in [6.45, 7) is -0.615. The summed E-state index contributed by atoms with van der Waals surface area (Å²) in [6, 6.07) is 8.91. The Kier molecular flexibility index (Phi) is 5.04. The van der Waals surface area contributed by atoms with Gasteiger partial charge in [0.15, 0.2) is 5.54 Å². The minimum absolute atomic E-state index is 0.148. The number of ether oxygens (including phenoxy) is 1. The van der Waals surface area contributed by atoms with Crippen LogP contribution in [0.15, 0.2) is 42.5 Å². The van der Waals surface area contributed by atoms with E-state index in [9.17, 15) is 27.6 Å². The minimum Gasteiger partial charge on any atom is -0.493 e. The van der Waals surface area contributed by atoms with E-state index in [0.717, 1.165) is 12.1 Å². The highest BCUT2D eigenvalue weighted by Crippen LogP contribution is 2.41. The van der Waals surface area contributed by atoms with Crippen molar-refractivity contribution < 1.29 is 32.3 Å². The Morgan fingerprint density at radius 1 is 1.19 bits per heavy atom. The van der Waals surface area contributed by atoms with Gasteiger partial charge in [0.2, 0.25) is 5.91 Å². The van der Waals surface area contributed by atoms with Crippen LogP contribution in [0.25, 0.3) is 0 Å². The number of imide groups is 1. The maximum atomic E-state index is 13.2. The first-order chi connectivity index (χ1) is 14.6. The van der Waals surface area contributed by atoms with E-state index in [2.05, 4.69) is 10.6 Å². The van der Waals surface area contributed by atoms with Gasteiger partial charge in [-0.25, -0.2) is 4.79 Å². The van der Waals surface area contributed by atoms with E-state index in [1.165, 1.54) is 6.07 Å². The Labute approximate surface area is 179 Å². The lowest BCUT2D eigenvalue weighted by Gasteiger charge is -2.33. The molecule has 4 amide bonds. The predicted octanol–water partition coefficient (Wildman–Crippen LogP) is 3.53. The molecule has 162 valence electrons. The molecule has 0 aromatic heterocycles. The molecule has 4 rings (SSSR count). The summed E-state index contributed by atoms with van der Waals surface area (Å²) in [5.41, 5.74) is -2.72. The average Bonchev–Trinajstić information content (AvgIpc) is 2.94. The van der Waals surface area contributed by atoms with Crippen LogP contribution >= 0.6 is 11.6 Å². The Balaban J connectivity index is 1.58. The van der Waals surface area contributed by atoms with E-state index in [0.29, 0.717) is 16.2 Å².